The van der Waals surface area contributed by atoms with Crippen molar-refractivity contribution in [3.05, 3.63) is 39.0 Å². The number of nitrogens with zero attached hydrogens (tertiary/aromatic N) is 5. The Morgan fingerprint density at radius 3 is 2.46 bits per heavy atom. The Hall–Kier alpha value is -2.78. The Morgan fingerprint density at radius 1 is 1.11 bits per heavy atom. The average molecular weight is 591 g/mol. The number of alkyl halides is 3. The molecular formula is C22H26BrF3N6O5. The van der Waals surface area contributed by atoms with E-state index in [0.717, 1.165) is 12.4 Å². The molecule has 37 heavy (non-hydrogen) atoms. The van der Waals surface area contributed by atoms with E-state index < -0.39 is 29.5 Å². The van der Waals surface area contributed by atoms with Crippen molar-refractivity contribution in [2.24, 2.45) is 0 Å². The number of rotatable bonds is 9. The highest BCUT2D eigenvalue weighted by Crippen LogP contribution is 2.30. The number of anilines is 1. The SMILES string of the molecule is COCC(CO[C@H]1CCN(C2CCN(c3ncc(C(F)(F)F)cn3)CC2)C1=O)Oc1cn[nH]c(=O)c1Br. The fraction of sp³-hybridized carbons (Fsp3) is 0.591. The average Bonchev–Trinajstić information content (AvgIpc) is 3.25. The van der Waals surface area contributed by atoms with E-state index >= 15 is 0 Å². The van der Waals surface area contributed by atoms with E-state index in [1.807, 2.05) is 4.90 Å². The number of halogens is 4. The van der Waals surface area contributed by atoms with Gasteiger partial charge in [-0.05, 0) is 28.8 Å². The Labute approximate surface area is 218 Å². The van der Waals surface area contributed by atoms with Crippen molar-refractivity contribution in [1.82, 2.24) is 25.1 Å². The highest BCUT2D eigenvalue weighted by molar-refractivity contribution is 9.10. The molecule has 2 aliphatic rings. The minimum Gasteiger partial charge on any atom is -0.483 e. The second-order valence-corrected chi connectivity index (χ2v) is 9.50. The standard InChI is InChI=1S/C22H26BrF3N6O5/c1-35-11-15(37-17-10-29-30-19(33)18(17)23)12-36-16-4-7-32(20(16)34)14-2-5-31(6-3-14)21-27-8-13(9-28-21)22(24,25)26/h8-10,14-16H,2-7,11-12H2,1H3,(H,30,33)/t15?,16-/m0/s1. The van der Waals surface area contributed by atoms with Gasteiger partial charge in [0, 0.05) is 51.6 Å². The van der Waals surface area contributed by atoms with Gasteiger partial charge < -0.3 is 24.0 Å². The number of aromatic nitrogens is 4. The summed E-state index contributed by atoms with van der Waals surface area (Å²) in [5.74, 6) is 0.365. The number of amides is 1. The molecule has 2 aromatic heterocycles. The summed E-state index contributed by atoms with van der Waals surface area (Å²) in [7, 11) is 1.51. The largest absolute Gasteiger partial charge is 0.483 e. The maximum atomic E-state index is 13.0. The minimum atomic E-state index is -4.48. The van der Waals surface area contributed by atoms with Gasteiger partial charge in [-0.25, -0.2) is 15.1 Å². The number of methoxy groups -OCH3 is 1. The highest BCUT2D eigenvalue weighted by atomic mass is 79.9. The monoisotopic (exact) mass is 590 g/mol. The van der Waals surface area contributed by atoms with Crippen LogP contribution < -0.4 is 15.2 Å². The lowest BCUT2D eigenvalue weighted by Gasteiger charge is -2.36. The van der Waals surface area contributed by atoms with Crippen molar-refractivity contribution in [1.29, 1.82) is 0 Å². The third-order valence-electron chi connectivity index (χ3n) is 6.24. The summed E-state index contributed by atoms with van der Waals surface area (Å²) in [6, 6.07) is -0.00380. The van der Waals surface area contributed by atoms with E-state index in [9.17, 15) is 22.8 Å². The summed E-state index contributed by atoms with van der Waals surface area (Å²) in [5, 5.41) is 6.00. The van der Waals surface area contributed by atoms with Gasteiger partial charge in [-0.15, -0.1) is 0 Å². The Bertz CT molecular complexity index is 1130. The van der Waals surface area contributed by atoms with Crippen molar-refractivity contribution in [3.8, 4) is 5.75 Å². The quantitative estimate of drug-likeness (QED) is 0.467. The summed E-state index contributed by atoms with van der Waals surface area (Å²) in [5.41, 5.74) is -1.33. The van der Waals surface area contributed by atoms with E-state index in [1.165, 1.54) is 13.3 Å². The predicted molar refractivity (Wildman–Crippen MR) is 127 cm³/mol. The van der Waals surface area contributed by atoms with Crippen molar-refractivity contribution in [3.63, 3.8) is 0 Å². The fourth-order valence-corrected chi connectivity index (χ4v) is 4.64. The van der Waals surface area contributed by atoms with Crippen LogP contribution in [0.2, 0.25) is 0 Å². The number of hydrogen-bond donors (Lipinski definition) is 1. The van der Waals surface area contributed by atoms with E-state index in [0.29, 0.717) is 38.9 Å². The lowest BCUT2D eigenvalue weighted by atomic mass is 10.0. The van der Waals surface area contributed by atoms with Crippen LogP contribution in [0.1, 0.15) is 24.8 Å². The summed E-state index contributed by atoms with van der Waals surface area (Å²) >= 11 is 3.16. The maximum absolute atomic E-state index is 13.0. The molecule has 1 amide bonds. The summed E-state index contributed by atoms with van der Waals surface area (Å²) < 4.78 is 55.3. The zero-order valence-corrected chi connectivity index (χ0v) is 21.5. The number of ether oxygens (including phenoxy) is 3. The molecule has 0 radical (unpaired) electrons. The zero-order valence-electron chi connectivity index (χ0n) is 19.9. The van der Waals surface area contributed by atoms with E-state index in [4.69, 9.17) is 14.2 Å². The van der Waals surface area contributed by atoms with Gasteiger partial charge in [-0.2, -0.15) is 18.3 Å². The van der Waals surface area contributed by atoms with E-state index in [2.05, 4.69) is 36.1 Å². The van der Waals surface area contributed by atoms with Gasteiger partial charge in [-0.1, -0.05) is 0 Å². The molecule has 1 unspecified atom stereocenters. The van der Waals surface area contributed by atoms with Crippen LogP contribution in [0.5, 0.6) is 5.75 Å². The second-order valence-electron chi connectivity index (χ2n) is 8.70. The molecule has 202 valence electrons. The molecule has 0 aliphatic carbocycles. The lowest BCUT2D eigenvalue weighted by Crippen LogP contribution is -2.47. The molecule has 11 nitrogen and oxygen atoms in total. The third-order valence-corrected chi connectivity index (χ3v) is 6.99. The minimum absolute atomic E-state index is 0.00380. The molecule has 2 aromatic rings. The van der Waals surface area contributed by atoms with Crippen LogP contribution in [-0.4, -0.2) is 89.2 Å². The van der Waals surface area contributed by atoms with Gasteiger partial charge in [0.2, 0.25) is 5.95 Å². The summed E-state index contributed by atoms with van der Waals surface area (Å²) in [4.78, 5) is 36.1. The first-order chi connectivity index (χ1) is 17.7. The molecule has 4 rings (SSSR count). The molecule has 1 N–H and O–H groups in total. The van der Waals surface area contributed by atoms with Crippen LogP contribution in [0.15, 0.2) is 27.9 Å². The number of nitrogens with one attached hydrogen (secondary N) is 1. The first-order valence-corrected chi connectivity index (χ1v) is 12.4. The first-order valence-electron chi connectivity index (χ1n) is 11.6. The van der Waals surface area contributed by atoms with Gasteiger partial charge >= 0.3 is 6.18 Å². The number of piperidine rings is 1. The third kappa shape index (κ3) is 6.57. The molecule has 0 spiro atoms. The van der Waals surface area contributed by atoms with Crippen molar-refractivity contribution in [2.45, 2.75) is 43.7 Å². The maximum Gasteiger partial charge on any atom is 0.419 e. The molecule has 2 saturated heterocycles. The van der Waals surface area contributed by atoms with Gasteiger partial charge in [0.05, 0.1) is 25.0 Å². The molecule has 4 heterocycles. The number of likely N-dealkylation sites (tertiary alicyclic amines) is 1. The lowest BCUT2D eigenvalue weighted by molar-refractivity contribution is -0.141. The smallest absolute Gasteiger partial charge is 0.419 e. The van der Waals surface area contributed by atoms with Gasteiger partial charge in [-0.3, -0.25) is 9.59 Å². The normalized spacial score (nSPS) is 19.9. The van der Waals surface area contributed by atoms with Crippen LogP contribution in [0, 0.1) is 0 Å². The van der Waals surface area contributed by atoms with Crippen molar-refractivity contribution < 1.29 is 32.2 Å². The number of carbonyl (C=O) groups excluding carboxylic acids is 1. The molecule has 0 bridgehead atoms. The van der Waals surface area contributed by atoms with Crippen molar-refractivity contribution >= 4 is 27.8 Å². The fourth-order valence-electron chi connectivity index (χ4n) is 4.35. The molecular weight excluding hydrogens is 565 g/mol. The van der Waals surface area contributed by atoms with Crippen LogP contribution >= 0.6 is 15.9 Å². The first kappa shape index (κ1) is 27.3. The van der Waals surface area contributed by atoms with Crippen LogP contribution in [0.3, 0.4) is 0 Å². The number of hydrogen-bond acceptors (Lipinski definition) is 9. The van der Waals surface area contributed by atoms with Crippen LogP contribution in [0.4, 0.5) is 19.1 Å². The topological polar surface area (TPSA) is 123 Å². The molecule has 0 aromatic carbocycles. The Morgan fingerprint density at radius 2 is 1.81 bits per heavy atom. The molecule has 2 atom stereocenters. The Kier molecular flexibility index (Phi) is 8.64. The Balaban J connectivity index is 1.28. The van der Waals surface area contributed by atoms with Crippen LogP contribution in [-0.2, 0) is 20.4 Å². The van der Waals surface area contributed by atoms with Gasteiger partial charge in [0.25, 0.3) is 11.5 Å². The zero-order chi connectivity index (χ0) is 26.6. The predicted octanol–water partition coefficient (Wildman–Crippen LogP) is 2.02. The van der Waals surface area contributed by atoms with E-state index in [1.54, 1.807) is 4.90 Å². The summed E-state index contributed by atoms with van der Waals surface area (Å²) in [6.07, 6.45) is -0.944. The van der Waals surface area contributed by atoms with Crippen LogP contribution in [0.25, 0.3) is 0 Å². The summed E-state index contributed by atoms with van der Waals surface area (Å²) in [6.45, 7) is 1.84. The van der Waals surface area contributed by atoms with Gasteiger partial charge in [0.1, 0.15) is 16.7 Å². The molecule has 2 fully saturated rings. The number of carbonyl (C=O) groups is 1. The highest BCUT2D eigenvalue weighted by Gasteiger charge is 2.38. The number of H-pyrrole nitrogens is 1. The van der Waals surface area contributed by atoms with Gasteiger partial charge in [0.15, 0.2) is 5.75 Å². The number of aromatic amines is 1. The molecule has 15 heteroatoms. The van der Waals surface area contributed by atoms with E-state index in [-0.39, 0.29) is 41.3 Å². The molecule has 2 aliphatic heterocycles. The van der Waals surface area contributed by atoms with Crippen molar-refractivity contribution in [2.75, 3.05) is 44.9 Å². The molecule has 0 saturated carbocycles. The second kappa shape index (κ2) is 11.7.